The standard InChI is InChI=1S/C22H31N5O4/c1-13(2)12-26-20-16(7-4-14-8-10-31-11-9-14)18(23-3)25-27(20)22(30)17(21(26)29)19(28)24-15-5-6-15/h4,7,13-15,29H,5-6,8-12H2,1-3H3,(H,23,25)(H,24,28)/b7-4+. The molecule has 2 aliphatic rings. The van der Waals surface area contributed by atoms with E-state index in [1.807, 2.05) is 19.9 Å². The summed E-state index contributed by atoms with van der Waals surface area (Å²) < 4.78 is 8.30. The molecule has 0 spiro atoms. The van der Waals surface area contributed by atoms with Gasteiger partial charge in [-0.1, -0.05) is 26.0 Å². The van der Waals surface area contributed by atoms with E-state index in [4.69, 9.17) is 4.74 Å². The Kier molecular flexibility index (Phi) is 6.04. The van der Waals surface area contributed by atoms with Gasteiger partial charge < -0.3 is 20.5 Å². The molecule has 3 N–H and O–H groups in total. The minimum atomic E-state index is -0.618. The molecule has 168 valence electrons. The average molecular weight is 430 g/mol. The van der Waals surface area contributed by atoms with Gasteiger partial charge in [0, 0.05) is 32.8 Å². The fraction of sp³-hybridized carbons (Fsp3) is 0.591. The van der Waals surface area contributed by atoms with Crippen LogP contribution >= 0.6 is 0 Å². The van der Waals surface area contributed by atoms with Crippen LogP contribution in [0.25, 0.3) is 11.7 Å². The van der Waals surface area contributed by atoms with Crippen molar-refractivity contribution in [3.63, 3.8) is 0 Å². The molecule has 3 heterocycles. The summed E-state index contributed by atoms with van der Waals surface area (Å²) >= 11 is 0. The first-order chi connectivity index (χ1) is 14.9. The Morgan fingerprint density at radius 3 is 2.61 bits per heavy atom. The number of hydrogen-bond donors (Lipinski definition) is 3. The van der Waals surface area contributed by atoms with E-state index in [1.54, 1.807) is 11.6 Å². The van der Waals surface area contributed by atoms with Crippen molar-refractivity contribution < 1.29 is 14.6 Å². The molecule has 1 saturated heterocycles. The molecule has 1 aliphatic heterocycles. The number of nitrogens with zero attached hydrogens (tertiary/aromatic N) is 3. The number of aromatic hydroxyl groups is 1. The minimum Gasteiger partial charge on any atom is -0.494 e. The van der Waals surface area contributed by atoms with Gasteiger partial charge in [-0.05, 0) is 37.5 Å². The molecule has 1 saturated carbocycles. The maximum Gasteiger partial charge on any atom is 0.291 e. The van der Waals surface area contributed by atoms with Crippen LogP contribution in [0.15, 0.2) is 10.9 Å². The lowest BCUT2D eigenvalue weighted by Gasteiger charge is -2.19. The highest BCUT2D eigenvalue weighted by molar-refractivity contribution is 5.97. The van der Waals surface area contributed by atoms with Gasteiger partial charge in [0.2, 0.25) is 5.88 Å². The summed E-state index contributed by atoms with van der Waals surface area (Å²) in [7, 11) is 1.74. The second-order valence-corrected chi connectivity index (χ2v) is 8.81. The highest BCUT2D eigenvalue weighted by Gasteiger charge is 2.30. The number of rotatable bonds is 7. The number of carbonyl (C=O) groups is 1. The molecule has 1 aliphatic carbocycles. The van der Waals surface area contributed by atoms with Gasteiger partial charge in [0.15, 0.2) is 17.0 Å². The van der Waals surface area contributed by atoms with E-state index in [-0.39, 0.29) is 23.4 Å². The van der Waals surface area contributed by atoms with Crippen molar-refractivity contribution in [2.45, 2.75) is 52.1 Å². The van der Waals surface area contributed by atoms with Crippen molar-refractivity contribution in [1.29, 1.82) is 0 Å². The van der Waals surface area contributed by atoms with Crippen molar-refractivity contribution in [3.8, 4) is 5.88 Å². The topological polar surface area (TPSA) is 110 Å². The lowest BCUT2D eigenvalue weighted by atomic mass is 9.99. The summed E-state index contributed by atoms with van der Waals surface area (Å²) in [5.41, 5.74) is 0.320. The third-order valence-electron chi connectivity index (χ3n) is 5.76. The van der Waals surface area contributed by atoms with Gasteiger partial charge in [-0.15, -0.1) is 5.10 Å². The van der Waals surface area contributed by atoms with E-state index >= 15 is 0 Å². The van der Waals surface area contributed by atoms with Crippen LogP contribution in [0.2, 0.25) is 0 Å². The number of allylic oxidation sites excluding steroid dienone is 1. The molecule has 0 aromatic carbocycles. The van der Waals surface area contributed by atoms with Crippen LogP contribution in [0.3, 0.4) is 0 Å². The van der Waals surface area contributed by atoms with Gasteiger partial charge in [-0.2, -0.15) is 4.52 Å². The molecule has 2 aromatic heterocycles. The molecule has 0 bridgehead atoms. The molecule has 31 heavy (non-hydrogen) atoms. The monoisotopic (exact) mass is 429 g/mol. The molecular weight excluding hydrogens is 398 g/mol. The maximum atomic E-state index is 13.2. The third-order valence-corrected chi connectivity index (χ3v) is 5.76. The zero-order valence-electron chi connectivity index (χ0n) is 18.4. The third kappa shape index (κ3) is 4.32. The summed E-state index contributed by atoms with van der Waals surface area (Å²) in [6, 6.07) is 0.0732. The summed E-state index contributed by atoms with van der Waals surface area (Å²) in [6.45, 7) is 5.95. The number of ether oxygens (including phenoxy) is 1. The fourth-order valence-corrected chi connectivity index (χ4v) is 3.96. The number of amides is 1. The minimum absolute atomic E-state index is 0.0732. The highest BCUT2D eigenvalue weighted by atomic mass is 16.5. The molecule has 4 rings (SSSR count). The summed E-state index contributed by atoms with van der Waals surface area (Å²) in [5, 5.41) is 21.3. The first kappa shape index (κ1) is 21.4. The first-order valence-corrected chi connectivity index (χ1v) is 11.0. The van der Waals surface area contributed by atoms with Crippen LogP contribution in [-0.2, 0) is 11.3 Å². The summed E-state index contributed by atoms with van der Waals surface area (Å²) in [5.74, 6) is 0.225. The molecule has 1 amide bonds. The summed E-state index contributed by atoms with van der Waals surface area (Å²) in [4.78, 5) is 26.0. The van der Waals surface area contributed by atoms with E-state index in [2.05, 4.69) is 21.8 Å². The first-order valence-electron chi connectivity index (χ1n) is 11.0. The van der Waals surface area contributed by atoms with E-state index in [0.29, 0.717) is 23.9 Å². The van der Waals surface area contributed by atoms with E-state index in [9.17, 15) is 14.7 Å². The molecule has 9 heteroatoms. The van der Waals surface area contributed by atoms with Gasteiger partial charge in [0.1, 0.15) is 0 Å². The smallest absolute Gasteiger partial charge is 0.291 e. The van der Waals surface area contributed by atoms with E-state index in [1.165, 1.54) is 4.52 Å². The number of nitrogens with one attached hydrogen (secondary N) is 2. The van der Waals surface area contributed by atoms with Crippen molar-refractivity contribution in [1.82, 2.24) is 19.5 Å². The lowest BCUT2D eigenvalue weighted by Crippen LogP contribution is -2.34. The lowest BCUT2D eigenvalue weighted by molar-refractivity contribution is 0.0787. The number of anilines is 1. The van der Waals surface area contributed by atoms with E-state index in [0.717, 1.165) is 44.5 Å². The number of hydrogen-bond acceptors (Lipinski definition) is 6. The van der Waals surface area contributed by atoms with Gasteiger partial charge in [0.05, 0.1) is 5.56 Å². The van der Waals surface area contributed by atoms with Crippen LogP contribution in [0.1, 0.15) is 55.5 Å². The largest absolute Gasteiger partial charge is 0.494 e. The molecule has 0 unspecified atom stereocenters. The zero-order valence-corrected chi connectivity index (χ0v) is 18.4. The Hall–Kier alpha value is -2.81. The van der Waals surface area contributed by atoms with Crippen molar-refractivity contribution in [3.05, 3.63) is 27.6 Å². The van der Waals surface area contributed by atoms with Crippen LogP contribution in [0.5, 0.6) is 5.88 Å². The summed E-state index contributed by atoms with van der Waals surface area (Å²) in [6.07, 6.45) is 7.75. The Morgan fingerprint density at radius 1 is 1.29 bits per heavy atom. The Morgan fingerprint density at radius 2 is 2.00 bits per heavy atom. The Bertz CT molecular complexity index is 1060. The highest BCUT2D eigenvalue weighted by Crippen LogP contribution is 2.29. The van der Waals surface area contributed by atoms with Crippen molar-refractivity contribution in [2.24, 2.45) is 11.8 Å². The molecule has 9 nitrogen and oxygen atoms in total. The van der Waals surface area contributed by atoms with E-state index < -0.39 is 11.5 Å². The molecular formula is C22H31N5O4. The van der Waals surface area contributed by atoms with Crippen molar-refractivity contribution >= 4 is 23.4 Å². The van der Waals surface area contributed by atoms with Crippen LogP contribution in [0.4, 0.5) is 5.82 Å². The molecule has 0 radical (unpaired) electrons. The number of fused-ring (bicyclic) bond motifs is 1. The Labute approximate surface area is 181 Å². The zero-order chi connectivity index (χ0) is 22.1. The van der Waals surface area contributed by atoms with Crippen LogP contribution in [0, 0.1) is 11.8 Å². The number of carbonyl (C=O) groups excluding carboxylic acids is 1. The molecule has 2 aromatic rings. The number of aromatic nitrogens is 3. The average Bonchev–Trinajstić information content (AvgIpc) is 3.47. The normalized spacial score (nSPS) is 17.7. The van der Waals surface area contributed by atoms with Crippen molar-refractivity contribution in [2.75, 3.05) is 25.6 Å². The predicted molar refractivity (Wildman–Crippen MR) is 119 cm³/mol. The van der Waals surface area contributed by atoms with Gasteiger partial charge in [-0.3, -0.25) is 14.2 Å². The van der Waals surface area contributed by atoms with Gasteiger partial charge in [0.25, 0.3) is 11.5 Å². The fourth-order valence-electron chi connectivity index (χ4n) is 3.96. The SMILES string of the molecule is CNc1nn2c(=O)c(C(=O)NC3CC3)c(O)n(CC(C)C)c2c1/C=C/C1CCOCC1. The van der Waals surface area contributed by atoms with Crippen LogP contribution < -0.4 is 16.2 Å². The van der Waals surface area contributed by atoms with Crippen LogP contribution in [-0.4, -0.2) is 51.5 Å². The predicted octanol–water partition coefficient (Wildman–Crippen LogP) is 2.23. The quantitative estimate of drug-likeness (QED) is 0.623. The second kappa shape index (κ2) is 8.74. The van der Waals surface area contributed by atoms with Gasteiger partial charge >= 0.3 is 0 Å². The Balaban J connectivity index is 1.88. The molecule has 2 fully saturated rings. The maximum absolute atomic E-state index is 13.2. The molecule has 0 atom stereocenters. The second-order valence-electron chi connectivity index (χ2n) is 8.81. The van der Waals surface area contributed by atoms with Gasteiger partial charge in [-0.25, -0.2) is 0 Å².